The Bertz CT molecular complexity index is 480. The molecule has 0 aromatic rings. The van der Waals surface area contributed by atoms with Crippen molar-refractivity contribution in [1.29, 1.82) is 0 Å². The minimum Gasteiger partial charge on any atom is -0.384 e. The summed E-state index contributed by atoms with van der Waals surface area (Å²) in [5.41, 5.74) is 4.84. The molecule has 1 unspecified atom stereocenters. The molecule has 0 amide bonds. The molecule has 1 heteroatoms. The summed E-state index contributed by atoms with van der Waals surface area (Å²) in [5, 5.41) is 10.4. The Kier molecular flexibility index (Phi) is 13.6. The molecule has 0 spiro atoms. The van der Waals surface area contributed by atoms with Crippen LogP contribution in [0.3, 0.4) is 0 Å². The van der Waals surface area contributed by atoms with Crippen molar-refractivity contribution in [3.05, 3.63) is 34.4 Å². The molecule has 0 aromatic carbocycles. The molecule has 0 bridgehead atoms. The van der Waals surface area contributed by atoms with E-state index in [9.17, 15) is 5.11 Å². The van der Waals surface area contributed by atoms with Crippen molar-refractivity contribution in [3.8, 4) is 0 Å². The van der Waals surface area contributed by atoms with E-state index in [2.05, 4.69) is 32.9 Å². The summed E-state index contributed by atoms with van der Waals surface area (Å²) in [6, 6.07) is 0. The van der Waals surface area contributed by atoms with Crippen LogP contribution >= 0.6 is 0 Å². The van der Waals surface area contributed by atoms with Gasteiger partial charge in [-0.05, 0) is 44.8 Å². The van der Waals surface area contributed by atoms with Gasteiger partial charge in [0.25, 0.3) is 0 Å². The summed E-state index contributed by atoms with van der Waals surface area (Å²) < 4.78 is 0. The second-order valence-corrected chi connectivity index (χ2v) is 8.76. The van der Waals surface area contributed by atoms with E-state index < -0.39 is 0 Å². The number of allylic oxidation sites excluding steroid dienone is 3. The number of aliphatic hydroxyl groups excluding tert-OH is 1. The van der Waals surface area contributed by atoms with E-state index >= 15 is 0 Å². The van der Waals surface area contributed by atoms with Gasteiger partial charge < -0.3 is 5.11 Å². The molecule has 1 atom stereocenters. The van der Waals surface area contributed by atoms with Gasteiger partial charge in [0.1, 0.15) is 6.10 Å². The molecule has 1 aliphatic rings. The van der Waals surface area contributed by atoms with E-state index in [-0.39, 0.29) is 6.10 Å². The zero-order valence-electron chi connectivity index (χ0n) is 18.8. The Morgan fingerprint density at radius 1 is 0.741 bits per heavy atom. The molecule has 1 rings (SSSR count). The van der Waals surface area contributed by atoms with Gasteiger partial charge in [-0.15, -0.1) is 0 Å². The highest BCUT2D eigenvalue weighted by molar-refractivity contribution is 5.45. The van der Waals surface area contributed by atoms with Crippen molar-refractivity contribution >= 4 is 0 Å². The number of hydrogen-bond acceptors (Lipinski definition) is 1. The second kappa shape index (κ2) is 15.1. The predicted octanol–water partition coefficient (Wildman–Crippen LogP) is 8.44. The summed E-state index contributed by atoms with van der Waals surface area (Å²) in [7, 11) is 0. The zero-order chi connectivity index (χ0) is 19.9. The van der Waals surface area contributed by atoms with E-state index in [1.54, 1.807) is 0 Å². The Morgan fingerprint density at radius 3 is 1.67 bits per heavy atom. The maximum Gasteiger partial charge on any atom is 0.100 e. The lowest BCUT2D eigenvalue weighted by atomic mass is 9.89. The first-order valence-electron chi connectivity index (χ1n) is 11.8. The maximum atomic E-state index is 10.4. The van der Waals surface area contributed by atoms with Crippen LogP contribution in [0.2, 0.25) is 0 Å². The van der Waals surface area contributed by atoms with Crippen molar-refractivity contribution in [2.24, 2.45) is 0 Å². The lowest BCUT2D eigenvalue weighted by Gasteiger charge is -2.21. The SMILES string of the molecule is CCCCCCCCCCCCCCCCC(C)=C1C=C(C)C=C(C)C1O. The van der Waals surface area contributed by atoms with Gasteiger partial charge in [0.05, 0.1) is 0 Å². The summed E-state index contributed by atoms with van der Waals surface area (Å²) >= 11 is 0. The fourth-order valence-corrected chi connectivity index (χ4v) is 4.13. The molecule has 0 aliphatic heterocycles. The topological polar surface area (TPSA) is 20.2 Å². The number of unbranched alkanes of at least 4 members (excludes halogenated alkanes) is 13. The highest BCUT2D eigenvalue weighted by atomic mass is 16.3. The van der Waals surface area contributed by atoms with Gasteiger partial charge in [0, 0.05) is 0 Å². The molecule has 0 saturated heterocycles. The molecule has 156 valence electrons. The van der Waals surface area contributed by atoms with Crippen molar-refractivity contribution in [2.45, 2.75) is 130 Å². The van der Waals surface area contributed by atoms with Crippen molar-refractivity contribution in [1.82, 2.24) is 0 Å². The van der Waals surface area contributed by atoms with E-state index in [1.807, 2.05) is 6.92 Å². The minimum atomic E-state index is -0.389. The first-order valence-corrected chi connectivity index (χ1v) is 11.8. The lowest BCUT2D eigenvalue weighted by molar-refractivity contribution is 0.247. The van der Waals surface area contributed by atoms with Crippen LogP contribution in [-0.4, -0.2) is 11.2 Å². The Hall–Kier alpha value is -0.820. The summed E-state index contributed by atoms with van der Waals surface area (Å²) in [4.78, 5) is 0. The van der Waals surface area contributed by atoms with Crippen molar-refractivity contribution in [3.63, 3.8) is 0 Å². The van der Waals surface area contributed by atoms with Gasteiger partial charge in [-0.2, -0.15) is 0 Å². The highest BCUT2D eigenvalue weighted by Gasteiger charge is 2.17. The first kappa shape index (κ1) is 24.2. The van der Waals surface area contributed by atoms with Gasteiger partial charge in [-0.1, -0.05) is 114 Å². The molecule has 1 N–H and O–H groups in total. The molecule has 0 heterocycles. The molecule has 0 saturated carbocycles. The summed E-state index contributed by atoms with van der Waals surface area (Å²) in [5.74, 6) is 0. The Balaban J connectivity index is 1.99. The Labute approximate surface area is 170 Å². The van der Waals surface area contributed by atoms with Gasteiger partial charge >= 0.3 is 0 Å². The third kappa shape index (κ3) is 10.9. The van der Waals surface area contributed by atoms with E-state index in [0.717, 1.165) is 17.6 Å². The average Bonchev–Trinajstić information content (AvgIpc) is 2.64. The van der Waals surface area contributed by atoms with Gasteiger partial charge in [0.15, 0.2) is 0 Å². The van der Waals surface area contributed by atoms with Crippen LogP contribution < -0.4 is 0 Å². The summed E-state index contributed by atoms with van der Waals surface area (Å²) in [6.45, 7) is 8.63. The van der Waals surface area contributed by atoms with E-state index in [0.29, 0.717) is 0 Å². The molecule has 1 aliphatic carbocycles. The van der Waals surface area contributed by atoms with Gasteiger partial charge in [0.2, 0.25) is 0 Å². The fraction of sp³-hybridized carbons (Fsp3) is 0.769. The predicted molar refractivity (Wildman–Crippen MR) is 121 cm³/mol. The van der Waals surface area contributed by atoms with E-state index in [4.69, 9.17) is 0 Å². The maximum absolute atomic E-state index is 10.4. The number of hydrogen-bond donors (Lipinski definition) is 1. The van der Waals surface area contributed by atoms with Crippen molar-refractivity contribution in [2.75, 3.05) is 0 Å². The fourth-order valence-electron chi connectivity index (χ4n) is 4.13. The molecule has 0 fully saturated rings. The molecule has 1 nitrogen and oxygen atoms in total. The first-order chi connectivity index (χ1) is 13.1. The molecule has 0 radical (unpaired) electrons. The standard InChI is InChI=1S/C26H46O/c1-5-6-7-8-9-10-11-12-13-14-15-16-17-18-19-23(3)25-21-22(2)20-24(4)26(25)27/h20-21,26-27H,5-19H2,1-4H3. The largest absolute Gasteiger partial charge is 0.384 e. The minimum absolute atomic E-state index is 0.389. The van der Waals surface area contributed by atoms with Crippen LogP contribution in [0.5, 0.6) is 0 Å². The van der Waals surface area contributed by atoms with Crippen LogP contribution in [0.25, 0.3) is 0 Å². The zero-order valence-corrected chi connectivity index (χ0v) is 18.8. The number of rotatable bonds is 15. The molecule has 27 heavy (non-hydrogen) atoms. The van der Waals surface area contributed by atoms with Crippen molar-refractivity contribution < 1.29 is 5.11 Å². The normalized spacial score (nSPS) is 19.1. The monoisotopic (exact) mass is 374 g/mol. The lowest BCUT2D eigenvalue weighted by Crippen LogP contribution is -2.15. The highest BCUT2D eigenvalue weighted by Crippen LogP contribution is 2.27. The van der Waals surface area contributed by atoms with Gasteiger partial charge in [-0.25, -0.2) is 0 Å². The van der Waals surface area contributed by atoms with Crippen LogP contribution in [0, 0.1) is 0 Å². The third-order valence-corrected chi connectivity index (χ3v) is 5.96. The van der Waals surface area contributed by atoms with Crippen LogP contribution in [-0.2, 0) is 0 Å². The van der Waals surface area contributed by atoms with Gasteiger partial charge in [-0.3, -0.25) is 0 Å². The number of aliphatic hydroxyl groups is 1. The Morgan fingerprint density at radius 2 is 1.19 bits per heavy atom. The average molecular weight is 375 g/mol. The third-order valence-electron chi connectivity index (χ3n) is 5.96. The molecular weight excluding hydrogens is 328 g/mol. The summed E-state index contributed by atoms with van der Waals surface area (Å²) in [6.07, 6.45) is 24.7. The molecule has 0 aromatic heterocycles. The molecular formula is C26H46O. The quantitative estimate of drug-likeness (QED) is 0.285. The smallest absolute Gasteiger partial charge is 0.100 e. The second-order valence-electron chi connectivity index (χ2n) is 8.76. The van der Waals surface area contributed by atoms with Crippen LogP contribution in [0.4, 0.5) is 0 Å². The van der Waals surface area contributed by atoms with Crippen LogP contribution in [0.15, 0.2) is 34.4 Å². The van der Waals surface area contributed by atoms with Crippen LogP contribution in [0.1, 0.15) is 124 Å². The van der Waals surface area contributed by atoms with E-state index in [1.165, 1.54) is 101 Å².